The highest BCUT2D eigenvalue weighted by atomic mass is 16.7. The molecule has 0 bridgehead atoms. The van der Waals surface area contributed by atoms with Crippen molar-refractivity contribution in [3.8, 4) is 5.75 Å². The molecule has 0 unspecified atom stereocenters. The lowest BCUT2D eigenvalue weighted by molar-refractivity contribution is -0.0244. The number of hydrogen-bond acceptors (Lipinski definition) is 3. The Kier molecular flexibility index (Phi) is 5.49. The smallest absolute Gasteiger partial charge is 0.119 e. The molecule has 1 aliphatic carbocycles. The predicted octanol–water partition coefficient (Wildman–Crippen LogP) is 3.44. The third-order valence-electron chi connectivity index (χ3n) is 3.20. The number of nitrogens with one attached hydrogen (secondary N) is 1. The van der Waals surface area contributed by atoms with Crippen LogP contribution in [-0.2, 0) is 11.4 Å². The van der Waals surface area contributed by atoms with Crippen molar-refractivity contribution in [1.29, 1.82) is 0 Å². The molecule has 0 amide bonds. The molecule has 1 saturated carbocycles. The van der Waals surface area contributed by atoms with E-state index in [1.54, 1.807) is 0 Å². The predicted molar refractivity (Wildman–Crippen MR) is 72.4 cm³/mol. The van der Waals surface area contributed by atoms with Gasteiger partial charge in [-0.2, -0.15) is 5.48 Å². The third-order valence-corrected chi connectivity index (χ3v) is 3.20. The summed E-state index contributed by atoms with van der Waals surface area (Å²) in [5.41, 5.74) is 4.27. The summed E-state index contributed by atoms with van der Waals surface area (Å²) < 4.78 is 5.61. The molecule has 0 saturated heterocycles. The van der Waals surface area contributed by atoms with Crippen LogP contribution in [0.15, 0.2) is 24.3 Å². The van der Waals surface area contributed by atoms with E-state index in [4.69, 9.17) is 9.57 Å². The highest BCUT2D eigenvalue weighted by Crippen LogP contribution is 2.20. The molecule has 0 atom stereocenters. The quantitative estimate of drug-likeness (QED) is 0.751. The lowest BCUT2D eigenvalue weighted by Gasteiger charge is -2.12. The summed E-state index contributed by atoms with van der Waals surface area (Å²) in [7, 11) is 0. The van der Waals surface area contributed by atoms with Crippen LogP contribution in [0.4, 0.5) is 0 Å². The fraction of sp³-hybridized carbons (Fsp3) is 0.600. The molecule has 18 heavy (non-hydrogen) atoms. The van der Waals surface area contributed by atoms with Crippen molar-refractivity contribution in [2.75, 3.05) is 6.61 Å². The van der Waals surface area contributed by atoms with Gasteiger partial charge in [0.05, 0.1) is 12.7 Å². The van der Waals surface area contributed by atoms with Crippen molar-refractivity contribution >= 4 is 0 Å². The Bertz CT molecular complexity index is 348. The molecule has 0 radical (unpaired) electrons. The van der Waals surface area contributed by atoms with Crippen LogP contribution in [0.5, 0.6) is 5.75 Å². The minimum Gasteiger partial charge on any atom is -0.494 e. The van der Waals surface area contributed by atoms with Gasteiger partial charge in [-0.25, -0.2) is 0 Å². The molecule has 0 aliphatic heterocycles. The van der Waals surface area contributed by atoms with Crippen molar-refractivity contribution in [3.63, 3.8) is 0 Å². The number of hydroxylamine groups is 1. The van der Waals surface area contributed by atoms with E-state index < -0.39 is 0 Å². The molecule has 0 spiro atoms. The Morgan fingerprint density at radius 1 is 1.28 bits per heavy atom. The van der Waals surface area contributed by atoms with Gasteiger partial charge < -0.3 is 4.74 Å². The number of ether oxygens (including phenoxy) is 1. The van der Waals surface area contributed by atoms with Crippen LogP contribution in [0.2, 0.25) is 0 Å². The van der Waals surface area contributed by atoms with Crippen LogP contribution >= 0.6 is 0 Å². The van der Waals surface area contributed by atoms with E-state index in [1.165, 1.54) is 31.2 Å². The van der Waals surface area contributed by atoms with E-state index in [0.29, 0.717) is 6.10 Å². The Morgan fingerprint density at radius 3 is 2.89 bits per heavy atom. The second-order valence-electron chi connectivity index (χ2n) is 4.84. The van der Waals surface area contributed by atoms with Crippen molar-refractivity contribution in [2.45, 2.75) is 51.7 Å². The fourth-order valence-electron chi connectivity index (χ4n) is 2.21. The molecule has 1 aliphatic rings. The van der Waals surface area contributed by atoms with Gasteiger partial charge in [-0.15, -0.1) is 0 Å². The minimum atomic E-state index is 0.407. The molecule has 1 fully saturated rings. The molecule has 100 valence electrons. The molecule has 0 aromatic heterocycles. The molecule has 1 aromatic rings. The maximum Gasteiger partial charge on any atom is 0.119 e. The number of benzene rings is 1. The number of hydrogen-bond donors (Lipinski definition) is 1. The van der Waals surface area contributed by atoms with Gasteiger partial charge in [0.2, 0.25) is 0 Å². The van der Waals surface area contributed by atoms with E-state index in [0.717, 1.165) is 25.3 Å². The molecule has 0 heterocycles. The third kappa shape index (κ3) is 4.31. The second kappa shape index (κ2) is 7.39. The topological polar surface area (TPSA) is 30.5 Å². The van der Waals surface area contributed by atoms with Gasteiger partial charge in [0.1, 0.15) is 5.75 Å². The first-order valence-electron chi connectivity index (χ1n) is 6.98. The van der Waals surface area contributed by atoms with Gasteiger partial charge in [0.15, 0.2) is 0 Å². The summed E-state index contributed by atoms with van der Waals surface area (Å²) in [4.78, 5) is 5.64. The highest BCUT2D eigenvalue weighted by molar-refractivity contribution is 5.28. The van der Waals surface area contributed by atoms with Gasteiger partial charge in [0, 0.05) is 6.54 Å². The summed E-state index contributed by atoms with van der Waals surface area (Å²) >= 11 is 0. The van der Waals surface area contributed by atoms with Gasteiger partial charge >= 0.3 is 0 Å². The first-order valence-corrected chi connectivity index (χ1v) is 6.98. The van der Waals surface area contributed by atoms with Crippen LogP contribution in [0.1, 0.15) is 44.6 Å². The van der Waals surface area contributed by atoms with Crippen molar-refractivity contribution < 1.29 is 9.57 Å². The van der Waals surface area contributed by atoms with Crippen molar-refractivity contribution in [1.82, 2.24) is 5.48 Å². The molecule has 1 N–H and O–H groups in total. The maximum atomic E-state index is 5.64. The fourth-order valence-corrected chi connectivity index (χ4v) is 2.21. The van der Waals surface area contributed by atoms with Gasteiger partial charge in [0.25, 0.3) is 0 Å². The largest absolute Gasteiger partial charge is 0.494 e. The van der Waals surface area contributed by atoms with Crippen LogP contribution in [0, 0.1) is 0 Å². The Morgan fingerprint density at radius 2 is 2.11 bits per heavy atom. The molecule has 1 aromatic carbocycles. The first-order chi connectivity index (χ1) is 8.88. The average Bonchev–Trinajstić information content (AvgIpc) is 2.90. The van der Waals surface area contributed by atoms with Crippen LogP contribution in [0.25, 0.3) is 0 Å². The zero-order chi connectivity index (χ0) is 12.6. The highest BCUT2D eigenvalue weighted by Gasteiger charge is 2.15. The molecular formula is C15H23NO2. The lowest BCUT2D eigenvalue weighted by Crippen LogP contribution is -2.21. The van der Waals surface area contributed by atoms with E-state index in [-0.39, 0.29) is 0 Å². The molecular weight excluding hydrogens is 226 g/mol. The SMILES string of the molecule is CCCOc1cccc(CNOC2CCCC2)c1. The number of rotatable bonds is 7. The molecule has 3 heteroatoms. The summed E-state index contributed by atoms with van der Waals surface area (Å²) in [5, 5.41) is 0. The lowest BCUT2D eigenvalue weighted by atomic mass is 10.2. The van der Waals surface area contributed by atoms with Crippen LogP contribution in [-0.4, -0.2) is 12.7 Å². The summed E-state index contributed by atoms with van der Waals surface area (Å²) in [6.45, 7) is 3.62. The Balaban J connectivity index is 1.74. The van der Waals surface area contributed by atoms with Crippen LogP contribution in [0.3, 0.4) is 0 Å². The van der Waals surface area contributed by atoms with E-state index >= 15 is 0 Å². The Labute approximate surface area is 109 Å². The van der Waals surface area contributed by atoms with Crippen molar-refractivity contribution in [2.24, 2.45) is 0 Å². The van der Waals surface area contributed by atoms with Crippen LogP contribution < -0.4 is 10.2 Å². The Hall–Kier alpha value is -1.06. The summed E-state index contributed by atoms with van der Waals surface area (Å²) in [5.74, 6) is 0.942. The normalized spacial score (nSPS) is 16.1. The van der Waals surface area contributed by atoms with E-state index in [1.807, 2.05) is 12.1 Å². The average molecular weight is 249 g/mol. The zero-order valence-electron chi connectivity index (χ0n) is 11.2. The zero-order valence-corrected chi connectivity index (χ0v) is 11.2. The van der Waals surface area contributed by atoms with Gasteiger partial charge in [-0.05, 0) is 37.0 Å². The monoisotopic (exact) mass is 249 g/mol. The maximum absolute atomic E-state index is 5.64. The molecule has 3 nitrogen and oxygen atoms in total. The van der Waals surface area contributed by atoms with Crippen molar-refractivity contribution in [3.05, 3.63) is 29.8 Å². The first kappa shape index (κ1) is 13.4. The summed E-state index contributed by atoms with van der Waals surface area (Å²) in [6.07, 6.45) is 6.41. The standard InChI is InChI=1S/C15H23NO2/c1-2-10-17-15-9-5-6-13(11-15)12-16-18-14-7-3-4-8-14/h5-6,9,11,14,16H,2-4,7-8,10,12H2,1H3. The second-order valence-corrected chi connectivity index (χ2v) is 4.84. The van der Waals surface area contributed by atoms with Gasteiger partial charge in [-0.1, -0.05) is 31.9 Å². The minimum absolute atomic E-state index is 0.407. The van der Waals surface area contributed by atoms with Gasteiger partial charge in [-0.3, -0.25) is 4.84 Å². The van der Waals surface area contributed by atoms with E-state index in [2.05, 4.69) is 24.5 Å². The molecule has 2 rings (SSSR count). The summed E-state index contributed by atoms with van der Waals surface area (Å²) in [6, 6.07) is 8.18. The van der Waals surface area contributed by atoms with E-state index in [9.17, 15) is 0 Å².